The van der Waals surface area contributed by atoms with E-state index in [1.165, 1.54) is 25.3 Å². The molecule has 3 amide bonds. The smallest absolute Gasteiger partial charge is 0.326 e. The summed E-state index contributed by atoms with van der Waals surface area (Å²) in [6.07, 6.45) is 0. The van der Waals surface area contributed by atoms with Gasteiger partial charge in [0.1, 0.15) is 22.9 Å². The van der Waals surface area contributed by atoms with Crippen molar-refractivity contribution in [3.8, 4) is 5.75 Å². The van der Waals surface area contributed by atoms with Crippen molar-refractivity contribution in [2.24, 2.45) is 0 Å². The standard InChI is InChI=1S/C15H11ClF2N2O3/c1-23-12-7-8(5-6-9(12)16)19-15(22)20-14(21)13-10(17)3-2-4-11(13)18/h2-7H,1H3,(H2,19,20,21,22). The van der Waals surface area contributed by atoms with Gasteiger partial charge in [-0.25, -0.2) is 13.6 Å². The lowest BCUT2D eigenvalue weighted by atomic mass is 10.2. The first-order valence-corrected chi connectivity index (χ1v) is 6.70. The number of carbonyl (C=O) groups is 2. The second-order valence-electron chi connectivity index (χ2n) is 4.35. The number of urea groups is 1. The molecule has 0 aliphatic heterocycles. The van der Waals surface area contributed by atoms with E-state index in [0.717, 1.165) is 18.2 Å². The SMILES string of the molecule is COc1cc(NC(=O)NC(=O)c2c(F)cccc2F)ccc1Cl. The molecule has 120 valence electrons. The fraction of sp³-hybridized carbons (Fsp3) is 0.0667. The molecule has 2 N–H and O–H groups in total. The van der Waals surface area contributed by atoms with Crippen molar-refractivity contribution in [3.63, 3.8) is 0 Å². The third-order valence-electron chi connectivity index (χ3n) is 2.83. The Morgan fingerprint density at radius 2 is 1.78 bits per heavy atom. The Balaban J connectivity index is 2.09. The number of carbonyl (C=O) groups excluding carboxylic acids is 2. The fourth-order valence-electron chi connectivity index (χ4n) is 1.78. The van der Waals surface area contributed by atoms with Crippen molar-refractivity contribution in [1.82, 2.24) is 5.32 Å². The number of rotatable bonds is 3. The van der Waals surface area contributed by atoms with Crippen LogP contribution in [0, 0.1) is 11.6 Å². The van der Waals surface area contributed by atoms with Gasteiger partial charge in [-0.15, -0.1) is 0 Å². The van der Waals surface area contributed by atoms with Crippen molar-refractivity contribution in [2.45, 2.75) is 0 Å². The van der Waals surface area contributed by atoms with Crippen LogP contribution in [0.25, 0.3) is 0 Å². The van der Waals surface area contributed by atoms with Crippen LogP contribution in [0.5, 0.6) is 5.75 Å². The summed E-state index contributed by atoms with van der Waals surface area (Å²) in [5.74, 6) is -3.01. The van der Waals surface area contributed by atoms with E-state index in [-0.39, 0.29) is 5.69 Å². The van der Waals surface area contributed by atoms with Gasteiger partial charge in [-0.3, -0.25) is 10.1 Å². The zero-order valence-electron chi connectivity index (χ0n) is 11.8. The maximum atomic E-state index is 13.5. The van der Waals surface area contributed by atoms with Crippen LogP contribution in [0.2, 0.25) is 5.02 Å². The van der Waals surface area contributed by atoms with Crippen LogP contribution in [0.4, 0.5) is 19.3 Å². The number of imide groups is 1. The molecule has 0 fully saturated rings. The summed E-state index contributed by atoms with van der Waals surface area (Å²) in [7, 11) is 1.40. The molecule has 0 saturated heterocycles. The second kappa shape index (κ2) is 7.06. The maximum Gasteiger partial charge on any atom is 0.326 e. The Labute approximate surface area is 135 Å². The first-order chi connectivity index (χ1) is 10.9. The highest BCUT2D eigenvalue weighted by molar-refractivity contribution is 6.32. The van der Waals surface area contributed by atoms with Gasteiger partial charge >= 0.3 is 6.03 Å². The van der Waals surface area contributed by atoms with Gasteiger partial charge in [-0.05, 0) is 24.3 Å². The number of amides is 3. The predicted molar refractivity (Wildman–Crippen MR) is 80.8 cm³/mol. The highest BCUT2D eigenvalue weighted by atomic mass is 35.5. The minimum absolute atomic E-state index is 0.283. The molecule has 0 unspecified atom stereocenters. The van der Waals surface area contributed by atoms with Gasteiger partial charge in [0.05, 0.1) is 12.1 Å². The van der Waals surface area contributed by atoms with Gasteiger partial charge in [0.15, 0.2) is 0 Å². The van der Waals surface area contributed by atoms with E-state index in [9.17, 15) is 18.4 Å². The lowest BCUT2D eigenvalue weighted by Crippen LogP contribution is -2.35. The average Bonchev–Trinajstić information content (AvgIpc) is 2.48. The lowest BCUT2D eigenvalue weighted by molar-refractivity contribution is 0.0959. The number of nitrogens with one attached hydrogen (secondary N) is 2. The molecule has 2 aromatic rings. The third kappa shape index (κ3) is 3.95. The van der Waals surface area contributed by atoms with E-state index in [1.54, 1.807) is 0 Å². The van der Waals surface area contributed by atoms with Crippen LogP contribution in [0.15, 0.2) is 36.4 Å². The minimum Gasteiger partial charge on any atom is -0.495 e. The Hall–Kier alpha value is -2.67. The van der Waals surface area contributed by atoms with Crippen LogP contribution in [0.1, 0.15) is 10.4 Å². The summed E-state index contributed by atoms with van der Waals surface area (Å²) in [6, 6.07) is 6.37. The van der Waals surface area contributed by atoms with Crippen LogP contribution in [0.3, 0.4) is 0 Å². The second-order valence-corrected chi connectivity index (χ2v) is 4.76. The van der Waals surface area contributed by atoms with Crippen molar-refractivity contribution >= 4 is 29.2 Å². The number of ether oxygens (including phenoxy) is 1. The van der Waals surface area contributed by atoms with Crippen LogP contribution in [-0.2, 0) is 0 Å². The number of methoxy groups -OCH3 is 1. The fourth-order valence-corrected chi connectivity index (χ4v) is 1.97. The molecule has 2 rings (SSSR count). The molecule has 0 radical (unpaired) electrons. The van der Waals surface area contributed by atoms with E-state index in [1.807, 2.05) is 5.32 Å². The summed E-state index contributed by atoms with van der Waals surface area (Å²) in [5, 5.41) is 4.50. The zero-order chi connectivity index (χ0) is 17.0. The van der Waals surface area contributed by atoms with Gasteiger partial charge in [-0.1, -0.05) is 17.7 Å². The minimum atomic E-state index is -1.20. The highest BCUT2D eigenvalue weighted by Crippen LogP contribution is 2.27. The first kappa shape index (κ1) is 16.7. The Morgan fingerprint density at radius 3 is 2.39 bits per heavy atom. The average molecular weight is 341 g/mol. The highest BCUT2D eigenvalue weighted by Gasteiger charge is 2.19. The van der Waals surface area contributed by atoms with Crippen molar-refractivity contribution in [3.05, 3.63) is 58.6 Å². The summed E-state index contributed by atoms with van der Waals surface area (Å²) >= 11 is 5.84. The van der Waals surface area contributed by atoms with E-state index in [4.69, 9.17) is 16.3 Å². The van der Waals surface area contributed by atoms with Gasteiger partial charge in [0.2, 0.25) is 0 Å². The molecule has 0 heterocycles. The third-order valence-corrected chi connectivity index (χ3v) is 3.14. The van der Waals surface area contributed by atoms with Gasteiger partial charge in [0.25, 0.3) is 5.91 Å². The predicted octanol–water partition coefficient (Wildman–Crippen LogP) is 3.59. The van der Waals surface area contributed by atoms with Crippen LogP contribution >= 0.6 is 11.6 Å². The Bertz CT molecular complexity index is 748. The topological polar surface area (TPSA) is 67.4 Å². The Kier molecular flexibility index (Phi) is 5.13. The van der Waals surface area contributed by atoms with Gasteiger partial charge in [0, 0.05) is 11.8 Å². The molecule has 0 saturated carbocycles. The molecule has 8 heteroatoms. The molecule has 5 nitrogen and oxygen atoms in total. The molecule has 0 aliphatic rings. The van der Waals surface area contributed by atoms with E-state index < -0.39 is 29.1 Å². The molecule has 23 heavy (non-hydrogen) atoms. The molecule has 2 aromatic carbocycles. The number of anilines is 1. The monoisotopic (exact) mass is 340 g/mol. The van der Waals surface area contributed by atoms with E-state index in [0.29, 0.717) is 10.8 Å². The largest absolute Gasteiger partial charge is 0.495 e. The van der Waals surface area contributed by atoms with Crippen molar-refractivity contribution < 1.29 is 23.1 Å². The molecule has 0 spiro atoms. The summed E-state index contributed by atoms with van der Waals surface area (Å²) in [4.78, 5) is 23.5. The maximum absolute atomic E-state index is 13.5. The first-order valence-electron chi connectivity index (χ1n) is 6.32. The molecule has 0 aromatic heterocycles. The molecule has 0 bridgehead atoms. The lowest BCUT2D eigenvalue weighted by Gasteiger charge is -2.09. The Morgan fingerprint density at radius 1 is 1.13 bits per heavy atom. The number of hydrogen-bond acceptors (Lipinski definition) is 3. The van der Waals surface area contributed by atoms with E-state index in [2.05, 4.69) is 5.32 Å². The normalized spacial score (nSPS) is 10.1. The quantitative estimate of drug-likeness (QED) is 0.897. The van der Waals surface area contributed by atoms with Gasteiger partial charge in [-0.2, -0.15) is 0 Å². The molecular weight excluding hydrogens is 330 g/mol. The van der Waals surface area contributed by atoms with E-state index >= 15 is 0 Å². The van der Waals surface area contributed by atoms with Crippen molar-refractivity contribution in [1.29, 1.82) is 0 Å². The van der Waals surface area contributed by atoms with Crippen LogP contribution < -0.4 is 15.4 Å². The van der Waals surface area contributed by atoms with Crippen molar-refractivity contribution in [2.75, 3.05) is 12.4 Å². The van der Waals surface area contributed by atoms with Gasteiger partial charge < -0.3 is 10.1 Å². The number of benzene rings is 2. The summed E-state index contributed by atoms with van der Waals surface area (Å²) < 4.78 is 31.9. The van der Waals surface area contributed by atoms with Crippen LogP contribution in [-0.4, -0.2) is 19.0 Å². The molecule has 0 atom stereocenters. The summed E-state index contributed by atoms with van der Waals surface area (Å²) in [6.45, 7) is 0. The molecule has 0 aliphatic carbocycles. The zero-order valence-corrected chi connectivity index (χ0v) is 12.6. The summed E-state index contributed by atoms with van der Waals surface area (Å²) in [5.41, 5.74) is -0.554. The number of halogens is 3. The number of hydrogen-bond donors (Lipinski definition) is 2. The molecular formula is C15H11ClF2N2O3.